The van der Waals surface area contributed by atoms with Gasteiger partial charge < -0.3 is 0 Å². The first-order valence-corrected chi connectivity index (χ1v) is 13.9. The van der Waals surface area contributed by atoms with Gasteiger partial charge in [0.15, 0.2) is 0 Å². The Hall–Kier alpha value is -3.74. The molecule has 0 spiro atoms. The largest absolute Gasteiger partial charge is 0.218 e. The highest BCUT2D eigenvalue weighted by atomic mass is 32.2. The Morgan fingerprint density at radius 3 is 1.81 bits per heavy atom. The molecule has 0 fully saturated rings. The zero-order valence-electron chi connectivity index (χ0n) is 19.6. The number of halogens is 2. The lowest BCUT2D eigenvalue weighted by Crippen LogP contribution is -2.04. The molecule has 5 rings (SSSR count). The first-order valence-electron chi connectivity index (χ1n) is 11.6. The van der Waals surface area contributed by atoms with E-state index in [2.05, 4.69) is 36.4 Å². The molecule has 5 aromatic carbocycles. The fourth-order valence-corrected chi connectivity index (χ4v) is 6.33. The van der Waals surface area contributed by atoms with Crippen LogP contribution >= 0.6 is 11.8 Å². The number of hydrogen-bond acceptors (Lipinski definition) is 3. The predicted molar refractivity (Wildman–Crippen MR) is 144 cm³/mol. The maximum Gasteiger partial charge on any atom is 0.207 e. The van der Waals surface area contributed by atoms with E-state index in [1.54, 1.807) is 23.9 Å². The van der Waals surface area contributed by atoms with Crippen LogP contribution in [0.5, 0.6) is 0 Å². The maximum atomic E-state index is 14.2. The van der Waals surface area contributed by atoms with Crippen molar-refractivity contribution in [1.29, 1.82) is 0 Å². The molecule has 0 aliphatic heterocycles. The summed E-state index contributed by atoms with van der Waals surface area (Å²) < 4.78 is 54.0. The standard InChI is InChI=1S/C31H22F2O2S2/c32-25-10-17-29(18-11-25)37(34,35)31-19-12-26(33)21-30(31)24-8-15-28(16-9-24)36-27-13-6-23(7-14-27)20-22-4-2-1-3-5-22/h1-19,21H,20H2. The summed E-state index contributed by atoms with van der Waals surface area (Å²) in [7, 11) is -3.98. The molecule has 0 aromatic heterocycles. The van der Waals surface area contributed by atoms with Crippen molar-refractivity contribution >= 4 is 21.6 Å². The van der Waals surface area contributed by atoms with Crippen LogP contribution in [0, 0.1) is 11.6 Å². The van der Waals surface area contributed by atoms with E-state index in [-0.39, 0.29) is 15.4 Å². The third-order valence-corrected chi connectivity index (χ3v) is 8.77. The summed E-state index contributed by atoms with van der Waals surface area (Å²) in [5.74, 6) is -1.07. The van der Waals surface area contributed by atoms with Crippen molar-refractivity contribution in [3.8, 4) is 11.1 Å². The minimum Gasteiger partial charge on any atom is -0.218 e. The average molecular weight is 529 g/mol. The van der Waals surface area contributed by atoms with Gasteiger partial charge in [-0.05, 0) is 89.8 Å². The summed E-state index contributed by atoms with van der Waals surface area (Å²) in [6, 6.07) is 34.2. The summed E-state index contributed by atoms with van der Waals surface area (Å²) in [4.78, 5) is 1.97. The fraction of sp³-hybridized carbons (Fsp3) is 0.0323. The predicted octanol–water partition coefficient (Wildman–Crippen LogP) is 8.21. The minimum absolute atomic E-state index is 0.0325. The minimum atomic E-state index is -3.98. The number of rotatable bonds is 7. The van der Waals surface area contributed by atoms with Gasteiger partial charge in [-0.3, -0.25) is 0 Å². The van der Waals surface area contributed by atoms with Gasteiger partial charge in [-0.1, -0.05) is 66.4 Å². The molecular formula is C31H22F2O2S2. The second kappa shape index (κ2) is 10.7. The van der Waals surface area contributed by atoms with Gasteiger partial charge in [-0.25, -0.2) is 17.2 Å². The van der Waals surface area contributed by atoms with Crippen LogP contribution in [0.4, 0.5) is 8.78 Å². The molecule has 0 atom stereocenters. The van der Waals surface area contributed by atoms with Gasteiger partial charge in [0.05, 0.1) is 9.79 Å². The highest BCUT2D eigenvalue weighted by molar-refractivity contribution is 7.99. The first kappa shape index (κ1) is 24.9. The molecule has 37 heavy (non-hydrogen) atoms. The number of sulfone groups is 1. The van der Waals surface area contributed by atoms with Crippen molar-refractivity contribution in [3.63, 3.8) is 0 Å². The van der Waals surface area contributed by atoms with Crippen LogP contribution < -0.4 is 0 Å². The van der Waals surface area contributed by atoms with Crippen LogP contribution in [0.3, 0.4) is 0 Å². The Labute approximate surface area is 219 Å². The molecule has 6 heteroatoms. The summed E-state index contributed by atoms with van der Waals surface area (Å²) in [5, 5.41) is 0. The van der Waals surface area contributed by atoms with Crippen molar-refractivity contribution in [2.45, 2.75) is 26.0 Å². The molecule has 0 N–H and O–H groups in total. The van der Waals surface area contributed by atoms with Crippen LogP contribution in [-0.2, 0) is 16.3 Å². The van der Waals surface area contributed by atoms with Crippen LogP contribution in [-0.4, -0.2) is 8.42 Å². The third kappa shape index (κ3) is 5.82. The van der Waals surface area contributed by atoms with Gasteiger partial charge in [0.25, 0.3) is 0 Å². The Balaban J connectivity index is 1.37. The maximum absolute atomic E-state index is 14.2. The lowest BCUT2D eigenvalue weighted by atomic mass is 10.1. The molecule has 0 unspecified atom stereocenters. The molecule has 0 saturated carbocycles. The molecule has 0 aliphatic carbocycles. The topological polar surface area (TPSA) is 34.1 Å². The van der Waals surface area contributed by atoms with Crippen LogP contribution in [0.25, 0.3) is 11.1 Å². The molecular weight excluding hydrogens is 506 g/mol. The van der Waals surface area contributed by atoms with Crippen molar-refractivity contribution in [2.24, 2.45) is 0 Å². The number of hydrogen-bond donors (Lipinski definition) is 0. The molecule has 0 saturated heterocycles. The lowest BCUT2D eigenvalue weighted by molar-refractivity contribution is 0.594. The first-order chi connectivity index (χ1) is 17.9. The van der Waals surface area contributed by atoms with Gasteiger partial charge in [0.1, 0.15) is 11.6 Å². The monoisotopic (exact) mass is 528 g/mol. The van der Waals surface area contributed by atoms with E-state index < -0.39 is 21.5 Å². The Bertz CT molecular complexity index is 1610. The summed E-state index contributed by atoms with van der Waals surface area (Å²) in [6.45, 7) is 0. The SMILES string of the molecule is O=S(=O)(c1ccc(F)cc1)c1ccc(F)cc1-c1ccc(Sc2ccc(Cc3ccccc3)cc2)cc1. The van der Waals surface area contributed by atoms with E-state index in [0.717, 1.165) is 34.4 Å². The van der Waals surface area contributed by atoms with Gasteiger partial charge in [-0.2, -0.15) is 0 Å². The zero-order chi connectivity index (χ0) is 25.8. The summed E-state index contributed by atoms with van der Waals surface area (Å²) in [5.41, 5.74) is 3.32. The van der Waals surface area contributed by atoms with Crippen molar-refractivity contribution in [2.75, 3.05) is 0 Å². The molecule has 184 valence electrons. The fourth-order valence-electron chi connectivity index (χ4n) is 4.05. The van der Waals surface area contributed by atoms with Crippen molar-refractivity contribution in [1.82, 2.24) is 0 Å². The Morgan fingerprint density at radius 2 is 1.16 bits per heavy atom. The van der Waals surface area contributed by atoms with Crippen molar-refractivity contribution < 1.29 is 17.2 Å². The Kier molecular flexibility index (Phi) is 7.22. The van der Waals surface area contributed by atoms with E-state index >= 15 is 0 Å². The molecule has 0 heterocycles. The smallest absolute Gasteiger partial charge is 0.207 e. The van der Waals surface area contributed by atoms with E-state index in [9.17, 15) is 17.2 Å². The van der Waals surface area contributed by atoms with Gasteiger partial charge >= 0.3 is 0 Å². The van der Waals surface area contributed by atoms with E-state index in [1.165, 1.54) is 35.4 Å². The molecule has 0 amide bonds. The van der Waals surface area contributed by atoms with Gasteiger partial charge in [-0.15, -0.1) is 0 Å². The van der Waals surface area contributed by atoms with Crippen molar-refractivity contribution in [3.05, 3.63) is 144 Å². The quantitative estimate of drug-likeness (QED) is 0.200. The third-order valence-electron chi connectivity index (χ3n) is 5.93. The summed E-state index contributed by atoms with van der Waals surface area (Å²) in [6.07, 6.45) is 0.872. The lowest BCUT2D eigenvalue weighted by Gasteiger charge is -2.12. The summed E-state index contributed by atoms with van der Waals surface area (Å²) >= 11 is 1.59. The second-order valence-corrected chi connectivity index (χ2v) is 11.6. The molecule has 5 aromatic rings. The Morgan fingerprint density at radius 1 is 0.595 bits per heavy atom. The average Bonchev–Trinajstić information content (AvgIpc) is 2.91. The van der Waals surface area contributed by atoms with E-state index in [4.69, 9.17) is 0 Å². The normalized spacial score (nSPS) is 11.4. The highest BCUT2D eigenvalue weighted by Crippen LogP contribution is 2.35. The number of benzene rings is 5. The molecule has 0 aliphatic rings. The van der Waals surface area contributed by atoms with Gasteiger partial charge in [0, 0.05) is 15.4 Å². The van der Waals surface area contributed by atoms with Gasteiger partial charge in [0.2, 0.25) is 9.84 Å². The van der Waals surface area contributed by atoms with Crippen LogP contribution in [0.2, 0.25) is 0 Å². The second-order valence-electron chi connectivity index (χ2n) is 8.53. The van der Waals surface area contributed by atoms with E-state index in [0.29, 0.717) is 5.56 Å². The van der Waals surface area contributed by atoms with Crippen LogP contribution in [0.15, 0.2) is 141 Å². The van der Waals surface area contributed by atoms with Crippen LogP contribution in [0.1, 0.15) is 11.1 Å². The molecule has 2 nitrogen and oxygen atoms in total. The molecule has 0 radical (unpaired) electrons. The highest BCUT2D eigenvalue weighted by Gasteiger charge is 2.22. The molecule has 0 bridgehead atoms. The zero-order valence-corrected chi connectivity index (χ0v) is 21.3. The van der Waals surface area contributed by atoms with E-state index in [1.807, 2.05) is 30.3 Å².